The van der Waals surface area contributed by atoms with Gasteiger partial charge in [0.2, 0.25) is 0 Å². The fourth-order valence-electron chi connectivity index (χ4n) is 1.21. The summed E-state index contributed by atoms with van der Waals surface area (Å²) in [6, 6.07) is 1.48. The Balaban J connectivity index is 2.83. The van der Waals surface area contributed by atoms with Crippen molar-refractivity contribution in [3.63, 3.8) is 0 Å². The zero-order chi connectivity index (χ0) is 12.8. The van der Waals surface area contributed by atoms with Crippen LogP contribution >= 0.6 is 0 Å². The highest BCUT2D eigenvalue weighted by Crippen LogP contribution is 2.05. The van der Waals surface area contributed by atoms with Gasteiger partial charge in [0.05, 0.1) is 18.4 Å². The zero-order valence-corrected chi connectivity index (χ0v) is 9.83. The molecule has 0 aromatic carbocycles. The Bertz CT molecular complexity index is 479. The molecule has 0 saturated carbocycles. The molecule has 1 rings (SSSR count). The summed E-state index contributed by atoms with van der Waals surface area (Å²) in [7, 11) is 1.87. The Morgan fingerprint density at radius 2 is 2.35 bits per heavy atom. The van der Waals surface area contributed by atoms with Gasteiger partial charge in [-0.2, -0.15) is 5.10 Å². The Hall–Kier alpha value is -2.11. The molecule has 0 bridgehead atoms. The smallest absolute Gasteiger partial charge is 0.328 e. The molecule has 92 valence electrons. The molecule has 0 atom stereocenters. The molecule has 1 heterocycles. The number of allylic oxidation sites excluding steroid dienone is 1. The maximum absolute atomic E-state index is 11.6. The van der Waals surface area contributed by atoms with Gasteiger partial charge in [0.15, 0.2) is 0 Å². The van der Waals surface area contributed by atoms with Crippen molar-refractivity contribution in [2.75, 3.05) is 18.5 Å². The molecule has 1 aromatic rings. The van der Waals surface area contributed by atoms with Crippen molar-refractivity contribution >= 4 is 11.7 Å². The molecule has 0 saturated heterocycles. The van der Waals surface area contributed by atoms with Crippen molar-refractivity contribution in [2.45, 2.75) is 13.5 Å². The highest BCUT2D eigenvalue weighted by atomic mass is 16.4. The summed E-state index contributed by atoms with van der Waals surface area (Å²) in [5, 5.41) is 12.4. The van der Waals surface area contributed by atoms with Crippen molar-refractivity contribution in [2.24, 2.45) is 0 Å². The van der Waals surface area contributed by atoms with Crippen molar-refractivity contribution in [1.29, 1.82) is 0 Å². The molecule has 0 radical (unpaired) electrons. The highest BCUT2D eigenvalue weighted by molar-refractivity contribution is 5.79. The van der Waals surface area contributed by atoms with Crippen LogP contribution < -0.4 is 10.5 Å². The average molecular weight is 237 g/mol. The maximum atomic E-state index is 11.6. The van der Waals surface area contributed by atoms with Crippen LogP contribution in [0.1, 0.15) is 6.92 Å². The molecule has 0 unspecified atom stereocenters. The number of nitrogens with zero attached hydrogens (tertiary/aromatic N) is 3. The quantitative estimate of drug-likeness (QED) is 0.747. The van der Waals surface area contributed by atoms with Gasteiger partial charge >= 0.3 is 5.97 Å². The van der Waals surface area contributed by atoms with Gasteiger partial charge in [0, 0.05) is 25.7 Å². The number of carboxylic acids is 1. The molecule has 1 aromatic heterocycles. The number of hydrogen-bond acceptors (Lipinski definition) is 4. The summed E-state index contributed by atoms with van der Waals surface area (Å²) in [5.74, 6) is -1.04. The topological polar surface area (TPSA) is 75.4 Å². The minimum Gasteiger partial charge on any atom is -0.478 e. The third-order valence-corrected chi connectivity index (χ3v) is 2.31. The van der Waals surface area contributed by atoms with E-state index in [1.165, 1.54) is 16.8 Å². The third-order valence-electron chi connectivity index (χ3n) is 2.31. The first-order valence-corrected chi connectivity index (χ1v) is 5.22. The van der Waals surface area contributed by atoms with E-state index in [2.05, 4.69) is 5.10 Å². The highest BCUT2D eigenvalue weighted by Gasteiger charge is 2.02. The molecule has 0 aliphatic rings. The fourth-order valence-corrected chi connectivity index (χ4v) is 1.21. The van der Waals surface area contributed by atoms with E-state index in [1.807, 2.05) is 18.9 Å². The van der Waals surface area contributed by atoms with E-state index in [0.29, 0.717) is 0 Å². The van der Waals surface area contributed by atoms with Crippen LogP contribution in [-0.2, 0) is 11.3 Å². The van der Waals surface area contributed by atoms with Crippen LogP contribution in [0.5, 0.6) is 0 Å². The van der Waals surface area contributed by atoms with E-state index in [-0.39, 0.29) is 12.1 Å². The standard InChI is InChI=1S/C11H15N3O3/c1-3-13(2)9-7-10(15)14(12-8-9)6-4-5-11(16)17/h4-5,7-8H,3,6H2,1-2H3,(H,16,17)/b5-4+. The van der Waals surface area contributed by atoms with E-state index in [9.17, 15) is 9.59 Å². The molecule has 0 aliphatic heterocycles. The summed E-state index contributed by atoms with van der Waals surface area (Å²) in [6.45, 7) is 2.91. The fraction of sp³-hybridized carbons (Fsp3) is 0.364. The summed E-state index contributed by atoms with van der Waals surface area (Å²) >= 11 is 0. The lowest BCUT2D eigenvalue weighted by Gasteiger charge is -2.15. The molecular formula is C11H15N3O3. The first kappa shape index (κ1) is 13.0. The Morgan fingerprint density at radius 3 is 2.88 bits per heavy atom. The largest absolute Gasteiger partial charge is 0.478 e. The van der Waals surface area contributed by atoms with Gasteiger partial charge in [-0.3, -0.25) is 4.79 Å². The minimum absolute atomic E-state index is 0.154. The van der Waals surface area contributed by atoms with Gasteiger partial charge in [-0.15, -0.1) is 0 Å². The Kier molecular flexibility index (Phi) is 4.45. The number of rotatable bonds is 5. The molecule has 6 nitrogen and oxygen atoms in total. The van der Waals surface area contributed by atoms with Gasteiger partial charge in [-0.25, -0.2) is 9.48 Å². The van der Waals surface area contributed by atoms with Crippen LogP contribution in [0.4, 0.5) is 5.69 Å². The first-order valence-electron chi connectivity index (χ1n) is 5.22. The molecule has 17 heavy (non-hydrogen) atoms. The Morgan fingerprint density at radius 1 is 1.65 bits per heavy atom. The lowest BCUT2D eigenvalue weighted by atomic mass is 10.4. The second kappa shape index (κ2) is 5.83. The van der Waals surface area contributed by atoms with Crippen LogP contribution in [0.2, 0.25) is 0 Å². The van der Waals surface area contributed by atoms with Crippen LogP contribution in [0.25, 0.3) is 0 Å². The van der Waals surface area contributed by atoms with Crippen molar-refractivity contribution in [3.05, 3.63) is 34.8 Å². The van der Waals surface area contributed by atoms with Crippen LogP contribution in [0, 0.1) is 0 Å². The number of hydrogen-bond donors (Lipinski definition) is 1. The van der Waals surface area contributed by atoms with E-state index in [0.717, 1.165) is 18.3 Å². The van der Waals surface area contributed by atoms with Gasteiger partial charge in [-0.1, -0.05) is 6.08 Å². The molecule has 6 heteroatoms. The van der Waals surface area contributed by atoms with Gasteiger partial charge < -0.3 is 10.0 Å². The van der Waals surface area contributed by atoms with Crippen LogP contribution in [0.15, 0.2) is 29.2 Å². The summed E-state index contributed by atoms with van der Waals surface area (Å²) in [6.07, 6.45) is 3.94. The average Bonchev–Trinajstić information content (AvgIpc) is 2.29. The predicted molar refractivity (Wildman–Crippen MR) is 64.2 cm³/mol. The van der Waals surface area contributed by atoms with Crippen LogP contribution in [0.3, 0.4) is 0 Å². The molecule has 0 aliphatic carbocycles. The van der Waals surface area contributed by atoms with Gasteiger partial charge in [0.25, 0.3) is 5.56 Å². The second-order valence-corrected chi connectivity index (χ2v) is 3.49. The summed E-state index contributed by atoms with van der Waals surface area (Å²) in [4.78, 5) is 23.8. The predicted octanol–water partition coefficient (Wildman–Crippen LogP) is 0.340. The van der Waals surface area contributed by atoms with Crippen molar-refractivity contribution in [3.8, 4) is 0 Å². The summed E-state index contributed by atoms with van der Waals surface area (Å²) < 4.78 is 1.20. The lowest BCUT2D eigenvalue weighted by molar-refractivity contribution is -0.131. The normalized spacial score (nSPS) is 10.7. The Labute approximate surface area is 98.8 Å². The molecular weight excluding hydrogens is 222 g/mol. The van der Waals surface area contributed by atoms with E-state index in [4.69, 9.17) is 5.11 Å². The third kappa shape index (κ3) is 3.75. The number of aromatic nitrogens is 2. The van der Waals surface area contributed by atoms with Crippen molar-refractivity contribution in [1.82, 2.24) is 9.78 Å². The van der Waals surface area contributed by atoms with E-state index < -0.39 is 5.97 Å². The van der Waals surface area contributed by atoms with Crippen molar-refractivity contribution < 1.29 is 9.90 Å². The number of anilines is 1. The number of aliphatic carboxylic acids is 1. The molecule has 0 amide bonds. The lowest BCUT2D eigenvalue weighted by Crippen LogP contribution is -2.25. The second-order valence-electron chi connectivity index (χ2n) is 3.49. The van der Waals surface area contributed by atoms with Crippen LogP contribution in [-0.4, -0.2) is 34.4 Å². The molecule has 0 spiro atoms. The SMILES string of the molecule is CCN(C)c1cnn(C/C=C/C(=O)O)c(=O)c1. The molecule has 0 fully saturated rings. The molecule has 1 N–H and O–H groups in total. The van der Waals surface area contributed by atoms with Gasteiger partial charge in [0.1, 0.15) is 0 Å². The van der Waals surface area contributed by atoms with E-state index >= 15 is 0 Å². The zero-order valence-electron chi connectivity index (χ0n) is 9.83. The number of carboxylic acid groups (broad SMARTS) is 1. The minimum atomic E-state index is -1.04. The number of carbonyl (C=O) groups is 1. The summed E-state index contributed by atoms with van der Waals surface area (Å²) in [5.41, 5.74) is 0.494. The maximum Gasteiger partial charge on any atom is 0.328 e. The first-order chi connectivity index (χ1) is 8.04. The monoisotopic (exact) mass is 237 g/mol. The van der Waals surface area contributed by atoms with Gasteiger partial charge in [-0.05, 0) is 6.92 Å². The van der Waals surface area contributed by atoms with E-state index in [1.54, 1.807) is 6.20 Å².